The first kappa shape index (κ1) is 24.1. The van der Waals surface area contributed by atoms with Crippen LogP contribution in [0.5, 0.6) is 11.5 Å². The Kier molecular flexibility index (Phi) is 6.85. The van der Waals surface area contributed by atoms with Crippen LogP contribution >= 0.6 is 15.9 Å². The van der Waals surface area contributed by atoms with Gasteiger partial charge in [0.15, 0.2) is 0 Å². The van der Waals surface area contributed by atoms with Crippen molar-refractivity contribution in [3.05, 3.63) is 22.2 Å². The third kappa shape index (κ3) is 5.71. The summed E-state index contributed by atoms with van der Waals surface area (Å²) < 4.78 is 22.6. The van der Waals surface area contributed by atoms with E-state index >= 15 is 0 Å². The second kappa shape index (κ2) is 8.53. The molecule has 1 N–H and O–H groups in total. The number of nitrogens with one attached hydrogen (secondary N) is 1. The summed E-state index contributed by atoms with van der Waals surface area (Å²) >= 11 is 3.45. The molecular weight excluding hydrogens is 456 g/mol. The molecule has 0 bridgehead atoms. The lowest BCUT2D eigenvalue weighted by molar-refractivity contribution is -0.0235. The minimum atomic E-state index is -0.918. The summed E-state index contributed by atoms with van der Waals surface area (Å²) in [4.78, 5) is 26.6. The number of rotatable bonds is 4. The number of nitrogens with zero attached hydrogens (tertiary/aromatic N) is 1. The van der Waals surface area contributed by atoms with Gasteiger partial charge in [-0.15, -0.1) is 0 Å². The second-order valence-corrected chi connectivity index (χ2v) is 10.1. The first-order chi connectivity index (χ1) is 13.7. The first-order valence-electron chi connectivity index (χ1n) is 9.61. The zero-order valence-electron chi connectivity index (χ0n) is 18.8. The monoisotopic (exact) mass is 486 g/mol. The smallest absolute Gasteiger partial charge is 0.410 e. The van der Waals surface area contributed by atoms with Gasteiger partial charge in [-0.1, -0.05) is 0 Å². The Labute approximate surface area is 186 Å². The van der Waals surface area contributed by atoms with E-state index in [4.69, 9.17) is 18.9 Å². The average molecular weight is 487 g/mol. The number of likely N-dealkylation sites (tertiary alicyclic amines) is 1. The van der Waals surface area contributed by atoms with Gasteiger partial charge in [-0.3, -0.25) is 0 Å². The first-order valence-corrected chi connectivity index (χ1v) is 10.4. The Morgan fingerprint density at radius 3 is 1.97 bits per heavy atom. The highest BCUT2D eigenvalue weighted by atomic mass is 79.9. The summed E-state index contributed by atoms with van der Waals surface area (Å²) in [5, 5.41) is 2.93. The van der Waals surface area contributed by atoms with E-state index in [2.05, 4.69) is 21.2 Å². The fourth-order valence-corrected chi connectivity index (χ4v) is 3.60. The van der Waals surface area contributed by atoms with Gasteiger partial charge in [-0.2, -0.15) is 0 Å². The number of alkyl carbamates (subject to hydrolysis) is 1. The molecule has 1 aliphatic heterocycles. The lowest BCUT2D eigenvalue weighted by atomic mass is 9.81. The van der Waals surface area contributed by atoms with Crippen LogP contribution in [0.4, 0.5) is 9.59 Å². The Morgan fingerprint density at radius 1 is 0.967 bits per heavy atom. The van der Waals surface area contributed by atoms with Crippen LogP contribution in [0.1, 0.15) is 47.1 Å². The van der Waals surface area contributed by atoms with Crippen LogP contribution in [-0.4, -0.2) is 55.6 Å². The number of methoxy groups -OCH3 is 2. The van der Waals surface area contributed by atoms with Gasteiger partial charge in [-0.05, 0) is 69.6 Å². The Bertz CT molecular complexity index is 807. The summed E-state index contributed by atoms with van der Waals surface area (Å²) in [6.07, 6.45) is -1.04. The van der Waals surface area contributed by atoms with Crippen molar-refractivity contribution in [2.24, 2.45) is 0 Å². The minimum absolute atomic E-state index is 0.197. The highest BCUT2D eigenvalue weighted by molar-refractivity contribution is 9.10. The highest BCUT2D eigenvalue weighted by Crippen LogP contribution is 2.43. The summed E-state index contributed by atoms with van der Waals surface area (Å²) in [5.74, 6) is 1.12. The van der Waals surface area contributed by atoms with Crippen molar-refractivity contribution in [1.82, 2.24) is 10.2 Å². The van der Waals surface area contributed by atoms with Gasteiger partial charge in [0.1, 0.15) is 28.2 Å². The number of ether oxygens (including phenoxy) is 4. The zero-order valence-corrected chi connectivity index (χ0v) is 20.4. The lowest BCUT2D eigenvalue weighted by Crippen LogP contribution is -2.69. The van der Waals surface area contributed by atoms with Gasteiger partial charge in [0, 0.05) is 5.56 Å². The predicted octanol–water partition coefficient (Wildman–Crippen LogP) is 4.44. The van der Waals surface area contributed by atoms with Gasteiger partial charge in [-0.25, -0.2) is 9.59 Å². The Morgan fingerprint density at radius 2 is 1.50 bits per heavy atom. The molecule has 1 aliphatic rings. The van der Waals surface area contributed by atoms with E-state index in [1.165, 1.54) is 4.90 Å². The van der Waals surface area contributed by atoms with Crippen molar-refractivity contribution in [3.63, 3.8) is 0 Å². The van der Waals surface area contributed by atoms with Crippen LogP contribution in [0.2, 0.25) is 0 Å². The molecule has 2 amide bonds. The molecule has 1 heterocycles. The quantitative estimate of drug-likeness (QED) is 0.676. The SMILES string of the molecule is COc1cc(C2(NC(=O)OC(C)(C)C)CN(C(=O)OC(C)(C)C)C2)c(OC)cc1Br. The van der Waals surface area contributed by atoms with Gasteiger partial charge >= 0.3 is 12.2 Å². The molecule has 1 aromatic carbocycles. The molecule has 0 radical (unpaired) electrons. The van der Waals surface area contributed by atoms with E-state index in [1.54, 1.807) is 67.9 Å². The highest BCUT2D eigenvalue weighted by Gasteiger charge is 2.51. The van der Waals surface area contributed by atoms with Crippen LogP contribution in [0, 0.1) is 0 Å². The Balaban J connectivity index is 2.40. The Hall–Kier alpha value is -2.16. The standard InChI is InChI=1S/C21H31BrN2O6/c1-19(2,3)29-17(25)23-21(11-24(12-21)18(26)30-20(4,5)6)13-9-16(28-8)14(22)10-15(13)27-7/h9-10H,11-12H2,1-8H3,(H,23,25). The third-order valence-electron chi connectivity index (χ3n) is 4.30. The van der Waals surface area contributed by atoms with Crippen LogP contribution in [0.3, 0.4) is 0 Å². The molecule has 8 nitrogen and oxygen atoms in total. The van der Waals surface area contributed by atoms with Crippen molar-refractivity contribution in [3.8, 4) is 11.5 Å². The van der Waals surface area contributed by atoms with Crippen LogP contribution in [0.25, 0.3) is 0 Å². The van der Waals surface area contributed by atoms with Crippen LogP contribution in [-0.2, 0) is 15.0 Å². The van der Waals surface area contributed by atoms with E-state index in [0.717, 1.165) is 0 Å². The van der Waals surface area contributed by atoms with E-state index in [1.807, 2.05) is 0 Å². The molecule has 168 valence electrons. The van der Waals surface area contributed by atoms with E-state index < -0.39 is 28.9 Å². The van der Waals surface area contributed by atoms with Gasteiger partial charge in [0.05, 0.1) is 31.8 Å². The molecule has 0 atom stereocenters. The lowest BCUT2D eigenvalue weighted by Gasteiger charge is -2.50. The minimum Gasteiger partial charge on any atom is -0.496 e. The molecule has 9 heteroatoms. The molecule has 0 aliphatic carbocycles. The molecule has 1 aromatic rings. The van der Waals surface area contributed by atoms with Crippen LogP contribution in [0.15, 0.2) is 16.6 Å². The maximum absolute atomic E-state index is 12.6. The number of hydrogen-bond acceptors (Lipinski definition) is 6. The van der Waals surface area contributed by atoms with E-state index in [9.17, 15) is 9.59 Å². The zero-order chi connectivity index (χ0) is 22.9. The molecule has 30 heavy (non-hydrogen) atoms. The summed E-state index contributed by atoms with van der Waals surface area (Å²) in [5.41, 5.74) is -1.53. The normalized spacial score (nSPS) is 15.7. The van der Waals surface area contributed by atoms with Crippen molar-refractivity contribution in [2.75, 3.05) is 27.3 Å². The van der Waals surface area contributed by atoms with E-state index in [-0.39, 0.29) is 13.1 Å². The second-order valence-electron chi connectivity index (χ2n) is 9.23. The number of amides is 2. The fourth-order valence-electron chi connectivity index (χ4n) is 3.11. The van der Waals surface area contributed by atoms with Crippen molar-refractivity contribution < 1.29 is 28.5 Å². The largest absolute Gasteiger partial charge is 0.496 e. The molecular formula is C21H31BrN2O6. The number of halogens is 1. The van der Waals surface area contributed by atoms with Crippen LogP contribution < -0.4 is 14.8 Å². The summed E-state index contributed by atoms with van der Waals surface area (Å²) in [6, 6.07) is 3.55. The number of carbonyl (C=O) groups is 2. The molecule has 1 saturated heterocycles. The topological polar surface area (TPSA) is 86.3 Å². The van der Waals surface area contributed by atoms with Gasteiger partial charge in [0.25, 0.3) is 0 Å². The van der Waals surface area contributed by atoms with Crippen molar-refractivity contribution in [2.45, 2.75) is 58.3 Å². The van der Waals surface area contributed by atoms with Crippen molar-refractivity contribution in [1.29, 1.82) is 0 Å². The number of benzene rings is 1. The summed E-state index contributed by atoms with van der Waals surface area (Å²) in [7, 11) is 3.10. The maximum atomic E-state index is 12.6. The van der Waals surface area contributed by atoms with Gasteiger partial charge < -0.3 is 29.2 Å². The number of carbonyl (C=O) groups excluding carboxylic acids is 2. The molecule has 0 spiro atoms. The summed E-state index contributed by atoms with van der Waals surface area (Å²) in [6.45, 7) is 11.2. The molecule has 0 aromatic heterocycles. The van der Waals surface area contributed by atoms with Gasteiger partial charge in [0.2, 0.25) is 0 Å². The maximum Gasteiger partial charge on any atom is 0.410 e. The third-order valence-corrected chi connectivity index (χ3v) is 4.92. The molecule has 0 unspecified atom stereocenters. The molecule has 2 rings (SSSR count). The number of hydrogen-bond donors (Lipinski definition) is 1. The predicted molar refractivity (Wildman–Crippen MR) is 116 cm³/mol. The van der Waals surface area contributed by atoms with Crippen molar-refractivity contribution >= 4 is 28.1 Å². The molecule has 0 saturated carbocycles. The fraction of sp³-hybridized carbons (Fsp3) is 0.619. The average Bonchev–Trinajstić information content (AvgIpc) is 2.54. The molecule has 1 fully saturated rings. The van der Waals surface area contributed by atoms with E-state index in [0.29, 0.717) is 21.5 Å².